The second-order valence-electron chi connectivity index (χ2n) is 11.5. The average molecular weight is 639 g/mol. The molecule has 12 nitrogen and oxygen atoms in total. The summed E-state index contributed by atoms with van der Waals surface area (Å²) in [4.78, 5) is 53.5. The molecule has 12 heteroatoms. The Balaban J connectivity index is 1.48. The summed E-state index contributed by atoms with van der Waals surface area (Å²) < 4.78 is 7.75. The molecule has 1 aliphatic rings. The highest BCUT2D eigenvalue weighted by atomic mass is 16.5. The van der Waals surface area contributed by atoms with Crippen LogP contribution in [-0.2, 0) is 52.0 Å². The minimum absolute atomic E-state index is 0.0706. The van der Waals surface area contributed by atoms with Crippen LogP contribution in [0.1, 0.15) is 28.7 Å². The topological polar surface area (TPSA) is 164 Å². The summed E-state index contributed by atoms with van der Waals surface area (Å²) in [6, 6.07) is 20.8. The number of aliphatic hydroxyl groups excluding tert-OH is 1. The van der Waals surface area contributed by atoms with Crippen LogP contribution in [0.25, 0.3) is 0 Å². The van der Waals surface area contributed by atoms with E-state index in [1.54, 1.807) is 54.5 Å². The van der Waals surface area contributed by atoms with Gasteiger partial charge in [-0.15, -0.1) is 0 Å². The smallest absolute Gasteiger partial charge is 0.246 e. The maximum Gasteiger partial charge on any atom is 0.246 e. The van der Waals surface area contributed by atoms with Gasteiger partial charge in [0.05, 0.1) is 6.20 Å². The number of hydrogen-bond acceptors (Lipinski definition) is 7. The number of carbonyl (C=O) groups excluding carboxylic acids is 4. The van der Waals surface area contributed by atoms with Gasteiger partial charge in [0.2, 0.25) is 23.6 Å². The third-order valence-electron chi connectivity index (χ3n) is 7.76. The van der Waals surface area contributed by atoms with Gasteiger partial charge < -0.3 is 31.1 Å². The number of aliphatic hydroxyl groups is 1. The van der Waals surface area contributed by atoms with Gasteiger partial charge in [-0.3, -0.25) is 23.9 Å². The van der Waals surface area contributed by atoms with Gasteiger partial charge in [-0.1, -0.05) is 54.6 Å². The van der Waals surface area contributed by atoms with Crippen molar-refractivity contribution >= 4 is 23.6 Å². The SMILES string of the molecule is Cn1cc(CNC(=O)[C@@H]2Cc3cccc(c3)Oc3cccc(c3)C[C@H](NC(=O)CO)C(=O)N[C@@H](CCc3ccccc3)C(=O)N2)cn1. The van der Waals surface area contributed by atoms with E-state index < -0.39 is 48.4 Å². The number of aryl methyl sites for hydroxylation is 2. The summed E-state index contributed by atoms with van der Waals surface area (Å²) in [6.45, 7) is -0.601. The highest BCUT2D eigenvalue weighted by Gasteiger charge is 2.30. The standard InChI is InChI=1S/C35H38N6O6/c1-41-21-26(20-37-41)19-36-33(44)30-17-24-9-5-11-27(15-24)47-28-12-6-10-25(16-28)18-31(38-32(43)22-42)35(46)39-29(34(45)40-30)14-13-23-7-3-2-4-8-23/h2-12,15-16,20-21,29-31,42H,13-14,17-19,22H2,1H3,(H,36,44)(H,38,43)(H,39,46)(H,40,45)/t29-,30-,31-/m0/s1. The summed E-state index contributed by atoms with van der Waals surface area (Å²) in [6.07, 6.45) is 4.35. The van der Waals surface area contributed by atoms with Crippen LogP contribution in [0.5, 0.6) is 11.5 Å². The number of nitrogens with zero attached hydrogens (tertiary/aromatic N) is 2. The van der Waals surface area contributed by atoms with Crippen LogP contribution in [0.3, 0.4) is 0 Å². The van der Waals surface area contributed by atoms with E-state index in [4.69, 9.17) is 4.74 Å². The summed E-state index contributed by atoms with van der Waals surface area (Å²) in [5.41, 5.74) is 3.21. The number of benzene rings is 3. The molecule has 0 saturated carbocycles. The lowest BCUT2D eigenvalue weighted by molar-refractivity contribution is -0.134. The van der Waals surface area contributed by atoms with Crippen LogP contribution in [0.4, 0.5) is 0 Å². The van der Waals surface area contributed by atoms with Crippen LogP contribution in [-0.4, -0.2) is 63.2 Å². The van der Waals surface area contributed by atoms with Gasteiger partial charge in [-0.2, -0.15) is 5.10 Å². The van der Waals surface area contributed by atoms with Gasteiger partial charge in [0.15, 0.2) is 0 Å². The molecule has 0 unspecified atom stereocenters. The minimum atomic E-state index is -1.10. The van der Waals surface area contributed by atoms with Crippen molar-refractivity contribution in [2.45, 2.75) is 50.4 Å². The van der Waals surface area contributed by atoms with Crippen molar-refractivity contribution in [3.05, 3.63) is 114 Å². The zero-order chi connectivity index (χ0) is 33.2. The fourth-order valence-corrected chi connectivity index (χ4v) is 5.38. The molecule has 2 heterocycles. The monoisotopic (exact) mass is 638 g/mol. The van der Waals surface area contributed by atoms with Crippen LogP contribution in [0.2, 0.25) is 0 Å². The number of carbonyl (C=O) groups is 4. The Morgan fingerprint density at radius 3 is 2.28 bits per heavy atom. The lowest BCUT2D eigenvalue weighted by atomic mass is 10.0. The van der Waals surface area contributed by atoms with Crippen molar-refractivity contribution in [3.8, 4) is 11.5 Å². The van der Waals surface area contributed by atoms with E-state index in [-0.39, 0.29) is 25.8 Å². The maximum absolute atomic E-state index is 13.9. The molecule has 5 rings (SSSR count). The van der Waals surface area contributed by atoms with Gasteiger partial charge in [0.25, 0.3) is 0 Å². The quantitative estimate of drug-likeness (QED) is 0.196. The predicted octanol–water partition coefficient (Wildman–Crippen LogP) is 1.71. The normalized spacial score (nSPS) is 18.3. The molecule has 1 aliphatic heterocycles. The lowest BCUT2D eigenvalue weighted by Crippen LogP contribution is -2.57. The first-order valence-electron chi connectivity index (χ1n) is 15.4. The molecule has 0 aliphatic carbocycles. The first-order chi connectivity index (χ1) is 22.7. The third-order valence-corrected chi connectivity index (χ3v) is 7.76. The Bertz CT molecular complexity index is 1710. The highest BCUT2D eigenvalue weighted by molar-refractivity contribution is 5.94. The molecule has 3 aromatic carbocycles. The number of fused-ring (bicyclic) bond motifs is 4. The zero-order valence-electron chi connectivity index (χ0n) is 26.0. The average Bonchev–Trinajstić information content (AvgIpc) is 3.49. The van der Waals surface area contributed by atoms with Crippen molar-refractivity contribution in [1.82, 2.24) is 31.0 Å². The fourth-order valence-electron chi connectivity index (χ4n) is 5.38. The Hall–Kier alpha value is -5.49. The third kappa shape index (κ3) is 9.50. The minimum Gasteiger partial charge on any atom is -0.457 e. The number of amides is 4. The van der Waals surface area contributed by atoms with Gasteiger partial charge in [-0.25, -0.2) is 0 Å². The van der Waals surface area contributed by atoms with Crippen molar-refractivity contribution in [1.29, 1.82) is 0 Å². The van der Waals surface area contributed by atoms with Crippen LogP contribution >= 0.6 is 0 Å². The summed E-state index contributed by atoms with van der Waals surface area (Å²) in [5, 5.41) is 24.7. The first-order valence-corrected chi connectivity index (χ1v) is 15.4. The van der Waals surface area contributed by atoms with Crippen LogP contribution in [0.15, 0.2) is 91.3 Å². The molecule has 0 fully saturated rings. The molecule has 0 saturated heterocycles. The van der Waals surface area contributed by atoms with Gasteiger partial charge in [0.1, 0.15) is 36.2 Å². The molecule has 3 atom stereocenters. The second-order valence-corrected chi connectivity index (χ2v) is 11.5. The number of rotatable bonds is 8. The van der Waals surface area contributed by atoms with E-state index in [0.717, 1.165) is 16.7 Å². The number of nitrogens with one attached hydrogen (secondary N) is 4. The molecule has 0 spiro atoms. The molecule has 4 aromatic rings. The van der Waals surface area contributed by atoms with E-state index in [9.17, 15) is 24.3 Å². The lowest BCUT2D eigenvalue weighted by Gasteiger charge is -2.26. The summed E-state index contributed by atoms with van der Waals surface area (Å²) in [5.74, 6) is -1.27. The Morgan fingerprint density at radius 2 is 1.62 bits per heavy atom. The highest BCUT2D eigenvalue weighted by Crippen LogP contribution is 2.24. The Morgan fingerprint density at radius 1 is 0.915 bits per heavy atom. The van der Waals surface area contributed by atoms with E-state index in [1.807, 2.05) is 48.5 Å². The Kier molecular flexibility index (Phi) is 11.0. The van der Waals surface area contributed by atoms with Crippen molar-refractivity contribution in [2.75, 3.05) is 6.61 Å². The number of hydrogen-bond donors (Lipinski definition) is 5. The number of aromatic nitrogens is 2. The van der Waals surface area contributed by atoms with E-state index in [2.05, 4.69) is 26.4 Å². The van der Waals surface area contributed by atoms with Gasteiger partial charge >= 0.3 is 0 Å². The fraction of sp³-hybridized carbons (Fsp3) is 0.286. The largest absolute Gasteiger partial charge is 0.457 e. The van der Waals surface area contributed by atoms with Crippen molar-refractivity contribution in [3.63, 3.8) is 0 Å². The van der Waals surface area contributed by atoms with Crippen molar-refractivity contribution < 1.29 is 29.0 Å². The molecular formula is C35H38N6O6. The molecule has 244 valence electrons. The van der Waals surface area contributed by atoms with Gasteiger partial charge in [-0.05, 0) is 53.8 Å². The Labute approximate surface area is 272 Å². The predicted molar refractivity (Wildman–Crippen MR) is 173 cm³/mol. The molecule has 1 aromatic heterocycles. The molecule has 4 bridgehead atoms. The van der Waals surface area contributed by atoms with Crippen LogP contribution < -0.4 is 26.0 Å². The van der Waals surface area contributed by atoms with E-state index in [0.29, 0.717) is 23.5 Å². The second kappa shape index (κ2) is 15.7. The molecule has 4 amide bonds. The first kappa shape index (κ1) is 32.9. The van der Waals surface area contributed by atoms with E-state index in [1.165, 1.54) is 0 Å². The zero-order valence-corrected chi connectivity index (χ0v) is 26.0. The molecular weight excluding hydrogens is 600 g/mol. The van der Waals surface area contributed by atoms with Gasteiger partial charge in [0, 0.05) is 38.2 Å². The van der Waals surface area contributed by atoms with Crippen LogP contribution in [0, 0.1) is 0 Å². The summed E-state index contributed by atoms with van der Waals surface area (Å²) >= 11 is 0. The summed E-state index contributed by atoms with van der Waals surface area (Å²) in [7, 11) is 1.78. The van der Waals surface area contributed by atoms with E-state index >= 15 is 0 Å². The molecule has 0 radical (unpaired) electrons. The maximum atomic E-state index is 13.9. The molecule has 47 heavy (non-hydrogen) atoms. The number of ether oxygens (including phenoxy) is 1. The van der Waals surface area contributed by atoms with Crippen molar-refractivity contribution in [2.24, 2.45) is 7.05 Å². The molecule has 5 N–H and O–H groups in total.